The van der Waals surface area contributed by atoms with Gasteiger partial charge in [-0.2, -0.15) is 0 Å². The van der Waals surface area contributed by atoms with Crippen molar-refractivity contribution in [2.45, 2.75) is 5.92 Å². The molecule has 0 aliphatic carbocycles. The summed E-state index contributed by atoms with van der Waals surface area (Å²) in [6, 6.07) is 0. The molecule has 0 amide bonds. The molecular formula is C3H4F2N. The number of hydrogen-bond donors (Lipinski definition) is 1. The van der Waals surface area contributed by atoms with E-state index in [1.807, 2.05) is 0 Å². The van der Waals surface area contributed by atoms with Gasteiger partial charge in [0, 0.05) is 0 Å². The van der Waals surface area contributed by atoms with Gasteiger partial charge in [-0.3, -0.25) is 0 Å². The van der Waals surface area contributed by atoms with Crippen molar-refractivity contribution >= 4 is 0 Å². The maximum Gasteiger partial charge on any atom is 0.277 e. The first-order chi connectivity index (χ1) is 2.71. The van der Waals surface area contributed by atoms with Crippen molar-refractivity contribution < 1.29 is 8.78 Å². The van der Waals surface area contributed by atoms with Crippen LogP contribution in [0.3, 0.4) is 0 Å². The molecule has 0 aromatic heterocycles. The van der Waals surface area contributed by atoms with Crippen molar-refractivity contribution in [3.8, 4) is 0 Å². The fourth-order valence-corrected chi connectivity index (χ4v) is 0.256. The molecule has 1 aliphatic rings. The topological polar surface area (TPSA) is 12.0 Å². The van der Waals surface area contributed by atoms with Gasteiger partial charge in [-0.25, -0.2) is 8.78 Å². The molecule has 1 aliphatic heterocycles. The highest BCUT2D eigenvalue weighted by Crippen LogP contribution is 2.20. The molecule has 6 heavy (non-hydrogen) atoms. The van der Waals surface area contributed by atoms with E-state index in [0.717, 1.165) is 6.54 Å². The van der Waals surface area contributed by atoms with E-state index in [1.165, 1.54) is 0 Å². The fraction of sp³-hybridized carbons (Fsp3) is 0.667. The largest absolute Gasteiger partial charge is 0.301 e. The highest BCUT2D eigenvalue weighted by molar-refractivity contribution is 4.94. The molecule has 0 aromatic carbocycles. The third kappa shape index (κ3) is 0.497. The second-order valence-corrected chi connectivity index (χ2v) is 1.29. The molecule has 1 fully saturated rings. The average molecular weight is 92.1 g/mol. The Bertz CT molecular complexity index is 55.8. The normalized spacial score (nSPS) is 29.0. The van der Waals surface area contributed by atoms with Crippen LogP contribution in [0.5, 0.6) is 0 Å². The molecule has 1 rings (SSSR count). The molecule has 0 bridgehead atoms. The Morgan fingerprint density at radius 2 is 2.00 bits per heavy atom. The predicted molar refractivity (Wildman–Crippen MR) is 17.2 cm³/mol. The summed E-state index contributed by atoms with van der Waals surface area (Å²) in [7, 11) is 0. The van der Waals surface area contributed by atoms with Crippen LogP contribution in [-0.4, -0.2) is 12.5 Å². The lowest BCUT2D eigenvalue weighted by molar-refractivity contribution is -0.0126. The van der Waals surface area contributed by atoms with Gasteiger partial charge in [0.1, 0.15) is 0 Å². The number of halogens is 2. The number of rotatable bonds is 0. The number of alkyl halides is 2. The van der Waals surface area contributed by atoms with E-state index >= 15 is 0 Å². The summed E-state index contributed by atoms with van der Waals surface area (Å²) in [5.74, 6) is -2.51. The van der Waals surface area contributed by atoms with Crippen LogP contribution < -0.4 is 5.32 Å². The van der Waals surface area contributed by atoms with Crippen LogP contribution in [0.1, 0.15) is 0 Å². The molecule has 0 unspecified atom stereocenters. The zero-order valence-corrected chi connectivity index (χ0v) is 3.04. The Labute approximate surface area is 34.3 Å². The maximum atomic E-state index is 11.4. The van der Waals surface area contributed by atoms with Crippen LogP contribution in [0.2, 0.25) is 0 Å². The number of nitrogens with one attached hydrogen (secondary N) is 1. The van der Waals surface area contributed by atoms with Crippen LogP contribution in [0.15, 0.2) is 0 Å². The molecule has 0 atom stereocenters. The summed E-state index contributed by atoms with van der Waals surface area (Å²) in [6.07, 6.45) is 0. The van der Waals surface area contributed by atoms with E-state index in [9.17, 15) is 8.78 Å². The minimum atomic E-state index is -2.51. The van der Waals surface area contributed by atoms with Gasteiger partial charge in [-0.15, -0.1) is 0 Å². The van der Waals surface area contributed by atoms with Crippen molar-refractivity contribution in [3.63, 3.8) is 0 Å². The smallest absolute Gasteiger partial charge is 0.277 e. The molecule has 3 heteroatoms. The Hall–Kier alpha value is -0.180. The molecule has 0 saturated carbocycles. The van der Waals surface area contributed by atoms with Crippen molar-refractivity contribution in [1.29, 1.82) is 0 Å². The van der Waals surface area contributed by atoms with Crippen LogP contribution in [0.25, 0.3) is 0 Å². The van der Waals surface area contributed by atoms with Gasteiger partial charge in [0.25, 0.3) is 5.92 Å². The van der Waals surface area contributed by atoms with Crippen molar-refractivity contribution in [1.82, 2.24) is 5.32 Å². The van der Waals surface area contributed by atoms with Gasteiger partial charge in [-0.1, -0.05) is 0 Å². The molecule has 1 nitrogen and oxygen atoms in total. The van der Waals surface area contributed by atoms with Gasteiger partial charge in [0.2, 0.25) is 0 Å². The van der Waals surface area contributed by atoms with Crippen molar-refractivity contribution in [2.75, 3.05) is 6.54 Å². The third-order valence-corrected chi connectivity index (χ3v) is 0.651. The molecule has 0 spiro atoms. The Balaban J connectivity index is 2.31. The molecule has 1 saturated heterocycles. The minimum absolute atomic E-state index is 0.188. The first-order valence-corrected chi connectivity index (χ1v) is 1.66. The second-order valence-electron chi connectivity index (χ2n) is 1.29. The summed E-state index contributed by atoms with van der Waals surface area (Å²) < 4.78 is 22.8. The van der Waals surface area contributed by atoms with Crippen molar-refractivity contribution in [3.05, 3.63) is 6.54 Å². The average Bonchev–Trinajstić information content (AvgIpc) is 1.32. The number of hydrogen-bond acceptors (Lipinski definition) is 1. The van der Waals surface area contributed by atoms with Crippen LogP contribution in [0.4, 0.5) is 8.78 Å². The van der Waals surface area contributed by atoms with E-state index < -0.39 is 5.92 Å². The van der Waals surface area contributed by atoms with Gasteiger partial charge in [0.15, 0.2) is 0 Å². The van der Waals surface area contributed by atoms with Gasteiger partial charge < -0.3 is 5.32 Å². The lowest BCUT2D eigenvalue weighted by atomic mass is 10.2. The van der Waals surface area contributed by atoms with E-state index in [2.05, 4.69) is 5.32 Å². The van der Waals surface area contributed by atoms with E-state index in [4.69, 9.17) is 0 Å². The van der Waals surface area contributed by atoms with E-state index in [1.54, 1.807) is 0 Å². The monoisotopic (exact) mass is 92.0 g/mol. The molecule has 1 radical (unpaired) electrons. The summed E-state index contributed by atoms with van der Waals surface area (Å²) >= 11 is 0. The standard InChI is InChI=1S/C3H4F2N/c4-3(5)1-6-2-3/h1,6H,2H2. The van der Waals surface area contributed by atoms with E-state index in [0.29, 0.717) is 0 Å². The van der Waals surface area contributed by atoms with Crippen LogP contribution in [-0.2, 0) is 0 Å². The predicted octanol–water partition coefficient (Wildman–Crippen LogP) is 0.387. The molecular weight excluding hydrogens is 88.0 g/mol. The van der Waals surface area contributed by atoms with Crippen LogP contribution >= 0.6 is 0 Å². The first kappa shape index (κ1) is 3.99. The first-order valence-electron chi connectivity index (χ1n) is 1.66. The summed E-state index contributed by atoms with van der Waals surface area (Å²) in [5, 5.41) is 2.33. The highest BCUT2D eigenvalue weighted by atomic mass is 19.3. The third-order valence-electron chi connectivity index (χ3n) is 0.651. The zero-order chi connectivity index (χ0) is 4.62. The minimum Gasteiger partial charge on any atom is -0.301 e. The summed E-state index contributed by atoms with van der Waals surface area (Å²) in [6.45, 7) is 0.597. The summed E-state index contributed by atoms with van der Waals surface area (Å²) in [5.41, 5.74) is 0. The SMILES string of the molecule is FC1(F)[CH]NC1. The highest BCUT2D eigenvalue weighted by Gasteiger charge is 2.36. The Morgan fingerprint density at radius 3 is 2.00 bits per heavy atom. The maximum absolute atomic E-state index is 11.4. The fourth-order valence-electron chi connectivity index (χ4n) is 0.256. The lowest BCUT2D eigenvalue weighted by Crippen LogP contribution is -2.47. The van der Waals surface area contributed by atoms with Gasteiger partial charge in [-0.05, 0) is 0 Å². The zero-order valence-electron chi connectivity index (χ0n) is 3.04. The Kier molecular flexibility index (Phi) is 0.602. The second kappa shape index (κ2) is 0.904. The van der Waals surface area contributed by atoms with Crippen molar-refractivity contribution in [2.24, 2.45) is 0 Å². The van der Waals surface area contributed by atoms with E-state index in [-0.39, 0.29) is 6.54 Å². The molecule has 1 N–H and O–H groups in total. The molecule has 1 heterocycles. The Morgan fingerprint density at radius 1 is 1.67 bits per heavy atom. The quantitative estimate of drug-likeness (QED) is 0.455. The molecule has 35 valence electrons. The molecule has 0 aromatic rings. The summed E-state index contributed by atoms with van der Waals surface area (Å²) in [4.78, 5) is 0. The van der Waals surface area contributed by atoms with Gasteiger partial charge in [0.05, 0.1) is 13.1 Å². The van der Waals surface area contributed by atoms with Crippen LogP contribution in [0, 0.1) is 6.54 Å². The lowest BCUT2D eigenvalue weighted by Gasteiger charge is -2.24. The van der Waals surface area contributed by atoms with Gasteiger partial charge >= 0.3 is 0 Å².